The number of hydrogen-bond donors (Lipinski definition) is 2. The first kappa shape index (κ1) is 14.6. The molecule has 0 saturated carbocycles. The minimum atomic E-state index is -0.0657. The molecule has 3 N–H and O–H groups in total. The first-order valence-electron chi connectivity index (χ1n) is 7.60. The molecule has 4 nitrogen and oxygen atoms in total. The van der Waals surface area contributed by atoms with Gasteiger partial charge >= 0.3 is 0 Å². The number of ether oxygens (including phenoxy) is 1. The van der Waals surface area contributed by atoms with Gasteiger partial charge in [0.05, 0.1) is 0 Å². The number of nitrogens with two attached hydrogens (primary N) is 1. The molecule has 1 atom stereocenters. The molecule has 0 saturated heterocycles. The van der Waals surface area contributed by atoms with Crippen LogP contribution in [0.25, 0.3) is 11.1 Å². The Balaban J connectivity index is 2.07. The van der Waals surface area contributed by atoms with E-state index in [4.69, 9.17) is 10.5 Å². The quantitative estimate of drug-likeness (QED) is 0.910. The Morgan fingerprint density at radius 1 is 1.23 bits per heavy atom. The van der Waals surface area contributed by atoms with Crippen LogP contribution in [0.1, 0.15) is 22.8 Å². The average molecular weight is 296 g/mol. The van der Waals surface area contributed by atoms with Crippen molar-refractivity contribution in [1.29, 1.82) is 0 Å². The molecule has 0 fully saturated rings. The summed E-state index contributed by atoms with van der Waals surface area (Å²) >= 11 is 0. The summed E-state index contributed by atoms with van der Waals surface area (Å²) in [6, 6.07) is 13.7. The Hall–Kier alpha value is -2.33. The van der Waals surface area contributed by atoms with Gasteiger partial charge in [0, 0.05) is 30.6 Å². The molecule has 22 heavy (non-hydrogen) atoms. The van der Waals surface area contributed by atoms with Crippen molar-refractivity contribution < 1.29 is 9.53 Å². The molecule has 2 aromatic carbocycles. The van der Waals surface area contributed by atoms with Crippen LogP contribution in [0.15, 0.2) is 42.5 Å². The van der Waals surface area contributed by atoms with Gasteiger partial charge in [0.1, 0.15) is 11.9 Å². The number of benzene rings is 2. The van der Waals surface area contributed by atoms with Crippen LogP contribution < -0.4 is 15.8 Å². The molecule has 1 amide bonds. The van der Waals surface area contributed by atoms with Gasteiger partial charge in [0.15, 0.2) is 0 Å². The molecular formula is C18H20N2O2. The van der Waals surface area contributed by atoms with E-state index in [2.05, 4.69) is 11.4 Å². The number of carbonyl (C=O) groups is 1. The van der Waals surface area contributed by atoms with Crippen LogP contribution in [0.3, 0.4) is 0 Å². The highest BCUT2D eigenvalue weighted by Crippen LogP contribution is 2.39. The Morgan fingerprint density at radius 3 is 2.77 bits per heavy atom. The van der Waals surface area contributed by atoms with E-state index in [1.165, 1.54) is 0 Å². The highest BCUT2D eigenvalue weighted by Gasteiger charge is 2.25. The van der Waals surface area contributed by atoms with Gasteiger partial charge in [-0.1, -0.05) is 36.4 Å². The molecule has 1 aliphatic rings. The van der Waals surface area contributed by atoms with Crippen LogP contribution in [0.2, 0.25) is 0 Å². The van der Waals surface area contributed by atoms with E-state index >= 15 is 0 Å². The van der Waals surface area contributed by atoms with Gasteiger partial charge in [0.25, 0.3) is 5.91 Å². The van der Waals surface area contributed by atoms with Crippen LogP contribution in [-0.4, -0.2) is 25.1 Å². The van der Waals surface area contributed by atoms with E-state index in [1.807, 2.05) is 43.3 Å². The van der Waals surface area contributed by atoms with Gasteiger partial charge in [-0.2, -0.15) is 0 Å². The van der Waals surface area contributed by atoms with E-state index in [9.17, 15) is 4.79 Å². The standard InChI is InChI=1S/C18H20N2O2/c1-2-20-18(21)16-8-4-3-7-14(16)15-9-5-6-12-10-13(11-19)22-17(12)15/h3-9,13H,2,10-11,19H2,1H3,(H,20,21)/t13-/m0/s1. The summed E-state index contributed by atoms with van der Waals surface area (Å²) in [4.78, 5) is 12.3. The fourth-order valence-electron chi connectivity index (χ4n) is 2.85. The number of para-hydroxylation sites is 1. The molecule has 0 aromatic heterocycles. The second kappa shape index (κ2) is 6.20. The third kappa shape index (κ3) is 2.57. The molecule has 114 valence electrons. The van der Waals surface area contributed by atoms with Crippen LogP contribution >= 0.6 is 0 Å². The van der Waals surface area contributed by atoms with E-state index in [0.717, 1.165) is 28.9 Å². The highest BCUT2D eigenvalue weighted by atomic mass is 16.5. The zero-order chi connectivity index (χ0) is 15.5. The number of nitrogens with one attached hydrogen (secondary N) is 1. The van der Waals surface area contributed by atoms with Gasteiger partial charge in [-0.25, -0.2) is 0 Å². The third-order valence-corrected chi connectivity index (χ3v) is 3.89. The average Bonchev–Trinajstić information content (AvgIpc) is 2.98. The molecule has 1 aliphatic heterocycles. The van der Waals surface area contributed by atoms with Crippen molar-refractivity contribution in [2.45, 2.75) is 19.4 Å². The van der Waals surface area contributed by atoms with Crippen LogP contribution in [0.4, 0.5) is 0 Å². The zero-order valence-corrected chi connectivity index (χ0v) is 12.6. The predicted molar refractivity (Wildman–Crippen MR) is 87.1 cm³/mol. The molecular weight excluding hydrogens is 276 g/mol. The maximum absolute atomic E-state index is 12.3. The Labute approximate surface area is 130 Å². The smallest absolute Gasteiger partial charge is 0.251 e. The summed E-state index contributed by atoms with van der Waals surface area (Å²) in [5.74, 6) is 0.791. The van der Waals surface area contributed by atoms with Gasteiger partial charge in [-0.05, 0) is 24.1 Å². The summed E-state index contributed by atoms with van der Waals surface area (Å²) in [7, 11) is 0. The fraction of sp³-hybridized carbons (Fsp3) is 0.278. The lowest BCUT2D eigenvalue weighted by molar-refractivity contribution is 0.0956. The minimum absolute atomic E-state index is 0.0211. The lowest BCUT2D eigenvalue weighted by atomic mass is 9.96. The first-order valence-corrected chi connectivity index (χ1v) is 7.60. The lowest BCUT2D eigenvalue weighted by Crippen LogP contribution is -2.24. The molecule has 3 rings (SSSR count). The van der Waals surface area contributed by atoms with Crippen LogP contribution in [0.5, 0.6) is 5.75 Å². The van der Waals surface area contributed by atoms with E-state index in [-0.39, 0.29) is 12.0 Å². The first-order chi connectivity index (χ1) is 10.7. The normalized spacial score (nSPS) is 16.0. The molecule has 1 heterocycles. The molecule has 4 heteroatoms. The molecule has 0 spiro atoms. The molecule has 0 radical (unpaired) electrons. The molecule has 0 aliphatic carbocycles. The van der Waals surface area contributed by atoms with E-state index in [0.29, 0.717) is 18.7 Å². The van der Waals surface area contributed by atoms with Crippen molar-refractivity contribution in [2.75, 3.05) is 13.1 Å². The number of amides is 1. The van der Waals surface area contributed by atoms with Crippen molar-refractivity contribution in [2.24, 2.45) is 5.73 Å². The van der Waals surface area contributed by atoms with Crippen LogP contribution in [0, 0.1) is 0 Å². The Morgan fingerprint density at radius 2 is 2.00 bits per heavy atom. The fourth-order valence-corrected chi connectivity index (χ4v) is 2.85. The van der Waals surface area contributed by atoms with Gasteiger partial charge in [-0.15, -0.1) is 0 Å². The SMILES string of the molecule is CCNC(=O)c1ccccc1-c1cccc2c1O[C@H](CN)C2. The van der Waals surface area contributed by atoms with E-state index < -0.39 is 0 Å². The van der Waals surface area contributed by atoms with Crippen molar-refractivity contribution >= 4 is 5.91 Å². The largest absolute Gasteiger partial charge is 0.488 e. The Kier molecular flexibility index (Phi) is 4.11. The maximum Gasteiger partial charge on any atom is 0.251 e. The van der Waals surface area contributed by atoms with E-state index in [1.54, 1.807) is 0 Å². The predicted octanol–water partition coefficient (Wildman–Crippen LogP) is 2.37. The monoisotopic (exact) mass is 296 g/mol. The summed E-state index contributed by atoms with van der Waals surface area (Å²) in [6.45, 7) is 3.01. The molecule has 2 aromatic rings. The second-order valence-corrected chi connectivity index (χ2v) is 5.38. The summed E-state index contributed by atoms with van der Waals surface area (Å²) in [5, 5.41) is 2.86. The zero-order valence-electron chi connectivity index (χ0n) is 12.6. The second-order valence-electron chi connectivity index (χ2n) is 5.38. The number of hydrogen-bond acceptors (Lipinski definition) is 3. The summed E-state index contributed by atoms with van der Waals surface area (Å²) in [5.41, 5.74) is 9.39. The van der Waals surface area contributed by atoms with Crippen molar-refractivity contribution in [3.63, 3.8) is 0 Å². The minimum Gasteiger partial charge on any atom is -0.488 e. The number of rotatable bonds is 4. The summed E-state index contributed by atoms with van der Waals surface area (Å²) in [6.07, 6.45) is 0.844. The summed E-state index contributed by atoms with van der Waals surface area (Å²) < 4.78 is 5.98. The highest BCUT2D eigenvalue weighted by molar-refractivity contribution is 6.01. The Bertz CT molecular complexity index is 697. The van der Waals surface area contributed by atoms with Gasteiger partial charge in [-0.3, -0.25) is 4.79 Å². The molecule has 0 unspecified atom stereocenters. The topological polar surface area (TPSA) is 64.3 Å². The van der Waals surface area contributed by atoms with Crippen LogP contribution in [-0.2, 0) is 6.42 Å². The lowest BCUT2D eigenvalue weighted by Gasteiger charge is -2.14. The molecule has 0 bridgehead atoms. The maximum atomic E-state index is 12.3. The van der Waals surface area contributed by atoms with Gasteiger partial charge < -0.3 is 15.8 Å². The number of fused-ring (bicyclic) bond motifs is 1. The van der Waals surface area contributed by atoms with Crippen molar-refractivity contribution in [3.05, 3.63) is 53.6 Å². The number of carbonyl (C=O) groups excluding carboxylic acids is 1. The third-order valence-electron chi connectivity index (χ3n) is 3.89. The van der Waals surface area contributed by atoms with Gasteiger partial charge in [0.2, 0.25) is 0 Å². The van der Waals surface area contributed by atoms with Crippen molar-refractivity contribution in [3.8, 4) is 16.9 Å². The van der Waals surface area contributed by atoms with Crippen molar-refractivity contribution in [1.82, 2.24) is 5.32 Å².